The number of anilines is 1. The van der Waals surface area contributed by atoms with Crippen LogP contribution in [0.4, 0.5) is 16.2 Å². The van der Waals surface area contributed by atoms with Crippen LogP contribution in [-0.4, -0.2) is 23.0 Å². The molecule has 0 spiro atoms. The normalized spacial score (nSPS) is 10.3. The average molecular weight is 387 g/mol. The van der Waals surface area contributed by atoms with Crippen molar-refractivity contribution >= 4 is 33.4 Å². The number of ether oxygens (including phenoxy) is 1. The smallest absolute Gasteiger partial charge is 0.411 e. The summed E-state index contributed by atoms with van der Waals surface area (Å²) in [6, 6.07) is 5.99. The summed E-state index contributed by atoms with van der Waals surface area (Å²) in [6.45, 7) is 0.327. The second kappa shape index (κ2) is 11.9. The van der Waals surface area contributed by atoms with E-state index in [1.165, 1.54) is 37.8 Å². The van der Waals surface area contributed by atoms with Crippen molar-refractivity contribution in [3.05, 3.63) is 34.4 Å². The number of carbonyl (C=O) groups is 1. The third kappa shape index (κ3) is 8.54. The van der Waals surface area contributed by atoms with Crippen LogP contribution in [0.1, 0.15) is 44.9 Å². The molecule has 0 heterocycles. The van der Waals surface area contributed by atoms with E-state index in [2.05, 4.69) is 21.2 Å². The minimum Gasteiger partial charge on any atom is -0.449 e. The molecule has 0 saturated carbocycles. The van der Waals surface area contributed by atoms with Crippen molar-refractivity contribution in [3.8, 4) is 0 Å². The number of carbonyl (C=O) groups excluding carboxylic acids is 1. The van der Waals surface area contributed by atoms with Gasteiger partial charge >= 0.3 is 6.09 Å². The van der Waals surface area contributed by atoms with E-state index in [9.17, 15) is 14.9 Å². The van der Waals surface area contributed by atoms with Gasteiger partial charge in [-0.1, -0.05) is 60.2 Å². The molecule has 0 aliphatic heterocycles. The van der Waals surface area contributed by atoms with Gasteiger partial charge in [-0.3, -0.25) is 15.4 Å². The monoisotopic (exact) mass is 386 g/mol. The summed E-state index contributed by atoms with van der Waals surface area (Å²) in [5, 5.41) is 14.3. The molecule has 0 aliphatic carbocycles. The van der Waals surface area contributed by atoms with E-state index in [0.717, 1.165) is 24.6 Å². The first-order valence-electron chi connectivity index (χ1n) is 7.88. The lowest BCUT2D eigenvalue weighted by Gasteiger charge is -2.07. The van der Waals surface area contributed by atoms with Crippen molar-refractivity contribution in [2.24, 2.45) is 0 Å². The van der Waals surface area contributed by atoms with Gasteiger partial charge in [-0.05, 0) is 18.9 Å². The van der Waals surface area contributed by atoms with Gasteiger partial charge in [0.1, 0.15) is 5.69 Å². The second-order valence-electron chi connectivity index (χ2n) is 5.20. The number of amides is 1. The van der Waals surface area contributed by atoms with E-state index in [1.807, 2.05) is 0 Å². The first kappa shape index (κ1) is 19.4. The van der Waals surface area contributed by atoms with E-state index in [4.69, 9.17) is 4.74 Å². The van der Waals surface area contributed by atoms with Crippen molar-refractivity contribution < 1.29 is 14.5 Å². The quantitative estimate of drug-likeness (QED) is 0.243. The van der Waals surface area contributed by atoms with Crippen LogP contribution in [0, 0.1) is 10.1 Å². The molecule has 1 aromatic carbocycles. The lowest BCUT2D eigenvalue weighted by Crippen LogP contribution is -2.15. The minimum atomic E-state index is -0.656. The van der Waals surface area contributed by atoms with Crippen LogP contribution in [0.25, 0.3) is 0 Å². The fraction of sp³-hybridized carbons (Fsp3) is 0.562. The van der Waals surface area contributed by atoms with Crippen LogP contribution in [0.5, 0.6) is 0 Å². The average Bonchev–Trinajstić information content (AvgIpc) is 2.53. The Balaban J connectivity index is 2.15. The molecule has 0 bridgehead atoms. The van der Waals surface area contributed by atoms with Gasteiger partial charge in [0.05, 0.1) is 11.5 Å². The van der Waals surface area contributed by atoms with E-state index < -0.39 is 11.0 Å². The number of halogens is 1. The Morgan fingerprint density at radius 3 is 2.35 bits per heavy atom. The molecule has 1 aromatic rings. The lowest BCUT2D eigenvalue weighted by molar-refractivity contribution is -0.383. The Morgan fingerprint density at radius 1 is 1.09 bits per heavy atom. The number of rotatable bonds is 11. The summed E-state index contributed by atoms with van der Waals surface area (Å²) in [5.74, 6) is 0. The zero-order chi connectivity index (χ0) is 16.9. The summed E-state index contributed by atoms with van der Waals surface area (Å²) < 4.78 is 5.05. The molecule has 0 saturated heterocycles. The molecule has 128 valence electrons. The summed E-state index contributed by atoms with van der Waals surface area (Å²) in [5.41, 5.74) is 0.00206. The third-order valence-corrected chi connectivity index (χ3v) is 3.91. The van der Waals surface area contributed by atoms with Crippen molar-refractivity contribution in [3.63, 3.8) is 0 Å². The number of para-hydroxylation sites is 2. The molecule has 0 aromatic heterocycles. The number of nitrogens with zero attached hydrogens (tertiary/aromatic N) is 1. The van der Waals surface area contributed by atoms with Gasteiger partial charge in [0, 0.05) is 11.4 Å². The lowest BCUT2D eigenvalue weighted by atomic mass is 10.1. The maximum Gasteiger partial charge on any atom is 0.411 e. The van der Waals surface area contributed by atoms with E-state index >= 15 is 0 Å². The van der Waals surface area contributed by atoms with Crippen LogP contribution in [-0.2, 0) is 4.74 Å². The van der Waals surface area contributed by atoms with Crippen LogP contribution in [0.2, 0.25) is 0 Å². The molecule has 1 rings (SSSR count). The molecule has 0 aliphatic rings. The van der Waals surface area contributed by atoms with Gasteiger partial charge in [-0.15, -0.1) is 0 Å². The van der Waals surface area contributed by atoms with E-state index in [-0.39, 0.29) is 11.4 Å². The van der Waals surface area contributed by atoms with Crippen molar-refractivity contribution in [1.29, 1.82) is 0 Å². The first-order valence-corrected chi connectivity index (χ1v) is 9.00. The molecule has 6 nitrogen and oxygen atoms in total. The fourth-order valence-corrected chi connectivity index (χ4v) is 2.53. The van der Waals surface area contributed by atoms with Gasteiger partial charge in [0.2, 0.25) is 0 Å². The highest BCUT2D eigenvalue weighted by Crippen LogP contribution is 2.23. The molecule has 1 N–H and O–H groups in total. The molecule has 0 atom stereocenters. The third-order valence-electron chi connectivity index (χ3n) is 3.35. The number of alkyl halides is 1. The van der Waals surface area contributed by atoms with Crippen molar-refractivity contribution in [1.82, 2.24) is 0 Å². The number of benzene rings is 1. The van der Waals surface area contributed by atoms with Crippen LogP contribution < -0.4 is 5.32 Å². The Kier molecular flexibility index (Phi) is 10.0. The molecular weight excluding hydrogens is 364 g/mol. The number of hydrogen-bond donors (Lipinski definition) is 1. The van der Waals surface area contributed by atoms with Gasteiger partial charge in [-0.2, -0.15) is 0 Å². The summed E-state index contributed by atoms with van der Waals surface area (Å²) in [6.07, 6.45) is 7.22. The fourth-order valence-electron chi connectivity index (χ4n) is 2.13. The number of nitro benzene ring substituents is 1. The zero-order valence-electron chi connectivity index (χ0n) is 13.1. The van der Waals surface area contributed by atoms with Crippen LogP contribution >= 0.6 is 15.9 Å². The number of nitrogens with one attached hydrogen (secondary N) is 1. The van der Waals surface area contributed by atoms with Gasteiger partial charge in [0.25, 0.3) is 5.69 Å². The molecule has 0 radical (unpaired) electrons. The number of hydrogen-bond acceptors (Lipinski definition) is 4. The summed E-state index contributed by atoms with van der Waals surface area (Å²) in [7, 11) is 0. The molecule has 7 heteroatoms. The van der Waals surface area contributed by atoms with E-state index in [1.54, 1.807) is 12.1 Å². The maximum absolute atomic E-state index is 11.6. The molecule has 0 unspecified atom stereocenters. The predicted octanol–water partition coefficient (Wildman–Crippen LogP) is 5.27. The Labute approximate surface area is 144 Å². The van der Waals surface area contributed by atoms with E-state index in [0.29, 0.717) is 6.61 Å². The van der Waals surface area contributed by atoms with Gasteiger partial charge in [-0.25, -0.2) is 4.79 Å². The zero-order valence-corrected chi connectivity index (χ0v) is 14.7. The Hall–Kier alpha value is -1.63. The second-order valence-corrected chi connectivity index (χ2v) is 5.99. The molecule has 23 heavy (non-hydrogen) atoms. The van der Waals surface area contributed by atoms with Crippen molar-refractivity contribution in [2.45, 2.75) is 44.9 Å². The molecule has 1 amide bonds. The van der Waals surface area contributed by atoms with Crippen molar-refractivity contribution in [2.75, 3.05) is 17.3 Å². The number of unbranched alkanes of at least 4 members (excludes halogenated alkanes) is 6. The molecule has 0 fully saturated rings. The SMILES string of the molecule is O=C(Nc1ccccc1[N+](=O)[O-])OCCCCCCCCCBr. The molecular formula is C16H23BrN2O4. The topological polar surface area (TPSA) is 81.5 Å². The van der Waals surface area contributed by atoms with Crippen LogP contribution in [0.15, 0.2) is 24.3 Å². The van der Waals surface area contributed by atoms with Gasteiger partial charge in [0.15, 0.2) is 0 Å². The standard InChI is InChI=1S/C16H23BrN2O4/c17-12-8-4-2-1-3-5-9-13-23-16(20)18-14-10-6-7-11-15(14)19(21)22/h6-7,10-11H,1-5,8-9,12-13H2,(H,18,20). The highest BCUT2D eigenvalue weighted by Gasteiger charge is 2.14. The maximum atomic E-state index is 11.6. The highest BCUT2D eigenvalue weighted by atomic mass is 79.9. The largest absolute Gasteiger partial charge is 0.449 e. The summed E-state index contributed by atoms with van der Waals surface area (Å²) >= 11 is 3.41. The summed E-state index contributed by atoms with van der Waals surface area (Å²) in [4.78, 5) is 21.9. The first-order chi connectivity index (χ1) is 11.1. The number of nitro groups is 1. The van der Waals surface area contributed by atoms with Crippen LogP contribution in [0.3, 0.4) is 0 Å². The van der Waals surface area contributed by atoms with Gasteiger partial charge < -0.3 is 4.74 Å². The predicted molar refractivity (Wildman–Crippen MR) is 94.2 cm³/mol. The highest BCUT2D eigenvalue weighted by molar-refractivity contribution is 9.09. The Morgan fingerprint density at radius 2 is 1.70 bits per heavy atom. The Bertz CT molecular complexity index is 497. The minimum absolute atomic E-state index is 0.145.